The first kappa shape index (κ1) is 13.1. The lowest BCUT2D eigenvalue weighted by molar-refractivity contribution is 0.0697. The van der Waals surface area contributed by atoms with Crippen LogP contribution in [0.1, 0.15) is 29.6 Å². The Kier molecular flexibility index (Phi) is 3.64. The van der Waals surface area contributed by atoms with Crippen LogP contribution >= 0.6 is 0 Å². The molecule has 1 N–H and O–H groups in total. The van der Waals surface area contributed by atoms with Crippen molar-refractivity contribution in [3.05, 3.63) is 23.8 Å². The molecule has 0 atom stereocenters. The normalized spacial score (nSPS) is 16.6. The van der Waals surface area contributed by atoms with Crippen molar-refractivity contribution in [1.82, 2.24) is 19.9 Å². The SMILES string of the molecule is O=C(O)c1ccc2c(c1)nnn2CCN1CCCCC1. The molecule has 6 heteroatoms. The quantitative estimate of drug-likeness (QED) is 0.917. The van der Waals surface area contributed by atoms with Crippen LogP contribution < -0.4 is 0 Å². The molecule has 0 unspecified atom stereocenters. The molecule has 2 aromatic rings. The van der Waals surface area contributed by atoms with E-state index in [-0.39, 0.29) is 5.56 Å². The summed E-state index contributed by atoms with van der Waals surface area (Å²) in [6, 6.07) is 4.96. The number of fused-ring (bicyclic) bond motifs is 1. The molecule has 0 bridgehead atoms. The number of carboxylic acids is 1. The molecule has 106 valence electrons. The summed E-state index contributed by atoms with van der Waals surface area (Å²) in [5.41, 5.74) is 1.79. The summed E-state index contributed by atoms with van der Waals surface area (Å²) in [6.45, 7) is 4.09. The fraction of sp³-hybridized carbons (Fsp3) is 0.500. The minimum atomic E-state index is -0.935. The van der Waals surface area contributed by atoms with E-state index in [0.29, 0.717) is 5.52 Å². The lowest BCUT2D eigenvalue weighted by Crippen LogP contribution is -2.32. The van der Waals surface area contributed by atoms with Crippen molar-refractivity contribution in [3.63, 3.8) is 0 Å². The van der Waals surface area contributed by atoms with Gasteiger partial charge in [0.25, 0.3) is 0 Å². The maximum absolute atomic E-state index is 10.9. The summed E-state index contributed by atoms with van der Waals surface area (Å²) in [4.78, 5) is 13.4. The summed E-state index contributed by atoms with van der Waals surface area (Å²) in [5, 5.41) is 17.1. The molecule has 3 rings (SSSR count). The van der Waals surface area contributed by atoms with Gasteiger partial charge in [0.1, 0.15) is 5.52 Å². The van der Waals surface area contributed by atoms with E-state index >= 15 is 0 Å². The summed E-state index contributed by atoms with van der Waals surface area (Å²) >= 11 is 0. The molecular formula is C14H18N4O2. The van der Waals surface area contributed by atoms with Gasteiger partial charge < -0.3 is 10.0 Å². The zero-order chi connectivity index (χ0) is 13.9. The maximum atomic E-state index is 10.9. The van der Waals surface area contributed by atoms with E-state index in [1.54, 1.807) is 18.2 Å². The fourth-order valence-electron chi connectivity index (χ4n) is 2.69. The van der Waals surface area contributed by atoms with Gasteiger partial charge in [0, 0.05) is 6.54 Å². The predicted molar refractivity (Wildman–Crippen MR) is 74.8 cm³/mol. The third-order valence-electron chi connectivity index (χ3n) is 3.84. The number of likely N-dealkylation sites (tertiary alicyclic amines) is 1. The molecule has 1 aliphatic rings. The Balaban J connectivity index is 1.73. The molecule has 2 heterocycles. The van der Waals surface area contributed by atoms with Gasteiger partial charge in [-0.25, -0.2) is 9.48 Å². The number of benzene rings is 1. The Morgan fingerprint density at radius 1 is 1.20 bits per heavy atom. The van der Waals surface area contributed by atoms with Crippen molar-refractivity contribution in [2.45, 2.75) is 25.8 Å². The zero-order valence-corrected chi connectivity index (χ0v) is 11.3. The van der Waals surface area contributed by atoms with E-state index in [2.05, 4.69) is 15.2 Å². The number of piperidine rings is 1. The van der Waals surface area contributed by atoms with Crippen molar-refractivity contribution in [2.24, 2.45) is 0 Å². The molecule has 0 aliphatic carbocycles. The predicted octanol–water partition coefficient (Wildman–Crippen LogP) is 1.62. The zero-order valence-electron chi connectivity index (χ0n) is 11.3. The molecule has 20 heavy (non-hydrogen) atoms. The van der Waals surface area contributed by atoms with Gasteiger partial charge in [0.05, 0.1) is 17.6 Å². The fourth-order valence-corrected chi connectivity index (χ4v) is 2.69. The van der Waals surface area contributed by atoms with Gasteiger partial charge in [-0.3, -0.25) is 0 Å². The highest BCUT2D eigenvalue weighted by Gasteiger charge is 2.12. The topological polar surface area (TPSA) is 71.2 Å². The second kappa shape index (κ2) is 5.58. The number of nitrogens with zero attached hydrogens (tertiary/aromatic N) is 4. The van der Waals surface area contributed by atoms with Gasteiger partial charge >= 0.3 is 5.97 Å². The summed E-state index contributed by atoms with van der Waals surface area (Å²) in [5.74, 6) is -0.935. The molecule has 6 nitrogen and oxygen atoms in total. The second-order valence-electron chi connectivity index (χ2n) is 5.22. The number of rotatable bonds is 4. The average Bonchev–Trinajstić information content (AvgIpc) is 2.88. The van der Waals surface area contributed by atoms with Crippen LogP contribution in [0.4, 0.5) is 0 Å². The Labute approximate surface area is 117 Å². The van der Waals surface area contributed by atoms with Gasteiger partial charge in [-0.2, -0.15) is 0 Å². The minimum Gasteiger partial charge on any atom is -0.478 e. The van der Waals surface area contributed by atoms with Crippen LogP contribution in [0, 0.1) is 0 Å². The molecule has 1 aromatic heterocycles. The monoisotopic (exact) mass is 274 g/mol. The van der Waals surface area contributed by atoms with Crippen molar-refractivity contribution in [2.75, 3.05) is 19.6 Å². The maximum Gasteiger partial charge on any atom is 0.335 e. The van der Waals surface area contributed by atoms with Crippen LogP contribution in [0.25, 0.3) is 11.0 Å². The highest BCUT2D eigenvalue weighted by Crippen LogP contribution is 2.14. The summed E-state index contributed by atoms with van der Waals surface area (Å²) in [6.07, 6.45) is 3.89. The van der Waals surface area contributed by atoms with Crippen LogP contribution in [0.3, 0.4) is 0 Å². The molecule has 0 radical (unpaired) electrons. The molecule has 0 saturated carbocycles. The van der Waals surface area contributed by atoms with Gasteiger partial charge in [0.15, 0.2) is 0 Å². The lowest BCUT2D eigenvalue weighted by atomic mass is 10.1. The Morgan fingerprint density at radius 3 is 2.75 bits per heavy atom. The van der Waals surface area contributed by atoms with Crippen molar-refractivity contribution in [3.8, 4) is 0 Å². The van der Waals surface area contributed by atoms with Crippen LogP contribution in [0.5, 0.6) is 0 Å². The second-order valence-corrected chi connectivity index (χ2v) is 5.22. The van der Waals surface area contributed by atoms with Crippen molar-refractivity contribution < 1.29 is 9.90 Å². The molecule has 0 amide bonds. The van der Waals surface area contributed by atoms with E-state index < -0.39 is 5.97 Å². The lowest BCUT2D eigenvalue weighted by Gasteiger charge is -2.26. The van der Waals surface area contributed by atoms with Crippen LogP contribution in [0.2, 0.25) is 0 Å². The van der Waals surface area contributed by atoms with Gasteiger partial charge in [-0.15, -0.1) is 5.10 Å². The standard InChI is InChI=1S/C14H18N4O2/c19-14(20)11-4-5-13-12(10-11)15-16-18(13)9-8-17-6-2-1-3-7-17/h4-5,10H,1-3,6-9H2,(H,19,20). The minimum absolute atomic E-state index is 0.251. The van der Waals surface area contributed by atoms with Crippen molar-refractivity contribution >= 4 is 17.0 Å². The highest BCUT2D eigenvalue weighted by atomic mass is 16.4. The number of aromatic nitrogens is 3. The first-order chi connectivity index (χ1) is 9.74. The molecule has 1 aliphatic heterocycles. The van der Waals surface area contributed by atoms with Crippen LogP contribution in [0.15, 0.2) is 18.2 Å². The van der Waals surface area contributed by atoms with Gasteiger partial charge in [-0.05, 0) is 44.1 Å². The number of hydrogen-bond acceptors (Lipinski definition) is 4. The highest BCUT2D eigenvalue weighted by molar-refractivity contribution is 5.92. The summed E-state index contributed by atoms with van der Waals surface area (Å²) < 4.78 is 1.86. The molecule has 0 spiro atoms. The third kappa shape index (κ3) is 2.65. The van der Waals surface area contributed by atoms with Gasteiger partial charge in [0.2, 0.25) is 0 Å². The van der Waals surface area contributed by atoms with Crippen molar-refractivity contribution in [1.29, 1.82) is 0 Å². The number of aromatic carboxylic acids is 1. The Bertz CT molecular complexity index is 617. The molecule has 1 aromatic carbocycles. The largest absolute Gasteiger partial charge is 0.478 e. The Morgan fingerprint density at radius 2 is 2.00 bits per heavy atom. The number of carbonyl (C=O) groups is 1. The molecule has 1 fully saturated rings. The van der Waals surface area contributed by atoms with E-state index in [1.165, 1.54) is 19.3 Å². The third-order valence-corrected chi connectivity index (χ3v) is 3.84. The van der Waals surface area contributed by atoms with Gasteiger partial charge in [-0.1, -0.05) is 11.6 Å². The first-order valence-corrected chi connectivity index (χ1v) is 7.03. The van der Waals surface area contributed by atoms with Crippen LogP contribution in [-0.4, -0.2) is 50.6 Å². The van der Waals surface area contributed by atoms with E-state index in [0.717, 1.165) is 31.7 Å². The average molecular weight is 274 g/mol. The molecular weight excluding hydrogens is 256 g/mol. The Hall–Kier alpha value is -1.95. The van der Waals surface area contributed by atoms with E-state index in [4.69, 9.17) is 5.11 Å². The molecule has 1 saturated heterocycles. The number of carboxylic acid groups (broad SMARTS) is 1. The van der Waals surface area contributed by atoms with E-state index in [1.807, 2.05) is 4.68 Å². The first-order valence-electron chi connectivity index (χ1n) is 7.03. The van der Waals surface area contributed by atoms with Crippen LogP contribution in [-0.2, 0) is 6.54 Å². The number of hydrogen-bond donors (Lipinski definition) is 1. The smallest absolute Gasteiger partial charge is 0.335 e. The van der Waals surface area contributed by atoms with E-state index in [9.17, 15) is 4.79 Å². The summed E-state index contributed by atoms with van der Waals surface area (Å²) in [7, 11) is 0.